The highest BCUT2D eigenvalue weighted by Crippen LogP contribution is 2.28. The Labute approximate surface area is 171 Å². The van der Waals surface area contributed by atoms with E-state index in [9.17, 15) is 0 Å². The fraction of sp³-hybridized carbons (Fsp3) is 0.350. The van der Waals surface area contributed by atoms with Gasteiger partial charge in [-0.2, -0.15) is 0 Å². The van der Waals surface area contributed by atoms with Crippen LogP contribution in [0.4, 0.5) is 0 Å². The number of nitrogens with zero attached hydrogens (tertiary/aromatic N) is 5. The zero-order valence-corrected chi connectivity index (χ0v) is 17.2. The van der Waals surface area contributed by atoms with E-state index < -0.39 is 0 Å². The fourth-order valence-corrected chi connectivity index (χ4v) is 5.20. The van der Waals surface area contributed by atoms with Crippen LogP contribution < -0.4 is 0 Å². The lowest BCUT2D eigenvalue weighted by Crippen LogP contribution is -2.46. The maximum atomic E-state index is 5.92. The molecule has 144 valence electrons. The number of thiophene rings is 1. The van der Waals surface area contributed by atoms with E-state index in [1.807, 2.05) is 23.6 Å². The monoisotopic (exact) mass is 411 g/mol. The predicted octanol–water partition coefficient (Wildman–Crippen LogP) is 4.29. The number of piperazine rings is 1. The van der Waals surface area contributed by atoms with Crippen LogP contribution in [0.1, 0.15) is 23.9 Å². The van der Waals surface area contributed by atoms with Crippen LogP contribution in [0.25, 0.3) is 21.0 Å². The van der Waals surface area contributed by atoms with Gasteiger partial charge in [-0.25, -0.2) is 4.98 Å². The van der Waals surface area contributed by atoms with Gasteiger partial charge in [-0.3, -0.25) is 9.80 Å². The van der Waals surface area contributed by atoms with Crippen molar-refractivity contribution >= 4 is 32.9 Å². The van der Waals surface area contributed by atoms with Crippen LogP contribution in [0.5, 0.6) is 0 Å². The first-order chi connectivity index (χ1) is 13.8. The van der Waals surface area contributed by atoms with Crippen molar-refractivity contribution < 1.29 is 4.42 Å². The lowest BCUT2D eigenvalue weighted by molar-refractivity contribution is 0.0876. The largest absolute Gasteiger partial charge is 0.418 e. The smallest absolute Gasteiger partial charge is 0.257 e. The van der Waals surface area contributed by atoms with Crippen molar-refractivity contribution in [2.75, 3.05) is 26.2 Å². The van der Waals surface area contributed by atoms with Crippen LogP contribution in [-0.2, 0) is 6.54 Å². The van der Waals surface area contributed by atoms with Crippen molar-refractivity contribution in [3.8, 4) is 10.8 Å². The molecule has 0 N–H and O–H groups in total. The molecule has 0 bridgehead atoms. The van der Waals surface area contributed by atoms with E-state index >= 15 is 0 Å². The number of hydrogen-bond acceptors (Lipinski definition) is 8. The second kappa shape index (κ2) is 7.71. The number of benzene rings is 1. The number of hydrogen-bond donors (Lipinski definition) is 0. The van der Waals surface area contributed by atoms with Crippen LogP contribution in [-0.4, -0.2) is 51.2 Å². The fourth-order valence-electron chi connectivity index (χ4n) is 3.55. The molecule has 0 aliphatic carbocycles. The van der Waals surface area contributed by atoms with Crippen LogP contribution in [0, 0.1) is 0 Å². The van der Waals surface area contributed by atoms with Crippen LogP contribution in [0.2, 0.25) is 0 Å². The molecular formula is C20H21N5OS2. The predicted molar refractivity (Wildman–Crippen MR) is 112 cm³/mol. The third-order valence-electron chi connectivity index (χ3n) is 5.18. The topological polar surface area (TPSA) is 58.3 Å². The van der Waals surface area contributed by atoms with E-state index in [4.69, 9.17) is 9.40 Å². The zero-order valence-electron chi connectivity index (χ0n) is 15.6. The minimum absolute atomic E-state index is 0.130. The molecule has 1 aromatic carbocycles. The van der Waals surface area contributed by atoms with E-state index in [2.05, 4.69) is 45.1 Å². The molecule has 0 radical (unpaired) electrons. The Kier molecular flexibility index (Phi) is 4.94. The van der Waals surface area contributed by atoms with E-state index in [-0.39, 0.29) is 6.04 Å². The van der Waals surface area contributed by atoms with E-state index in [0.29, 0.717) is 11.8 Å². The third kappa shape index (κ3) is 3.60. The number of aromatic nitrogens is 3. The molecule has 3 aromatic heterocycles. The molecule has 1 fully saturated rings. The average Bonchev–Trinajstić information content (AvgIpc) is 3.47. The zero-order chi connectivity index (χ0) is 18.9. The van der Waals surface area contributed by atoms with Gasteiger partial charge in [-0.05, 0) is 30.5 Å². The Balaban J connectivity index is 1.19. The van der Waals surface area contributed by atoms with Gasteiger partial charge in [0.2, 0.25) is 5.89 Å². The van der Waals surface area contributed by atoms with Crippen molar-refractivity contribution in [2.24, 2.45) is 0 Å². The molecule has 5 rings (SSSR count). The van der Waals surface area contributed by atoms with Gasteiger partial charge in [0.25, 0.3) is 5.89 Å². The SMILES string of the molecule is CC(c1nnc(-c2cccs2)o1)N1CCN(Cc2nc3ccccc3s2)CC1. The summed E-state index contributed by atoms with van der Waals surface area (Å²) in [4.78, 5) is 10.7. The summed E-state index contributed by atoms with van der Waals surface area (Å²) in [5.74, 6) is 1.31. The second-order valence-corrected chi connectivity index (χ2v) is 9.05. The Morgan fingerprint density at radius 2 is 1.93 bits per heavy atom. The molecule has 4 aromatic rings. The highest BCUT2D eigenvalue weighted by Gasteiger charge is 2.26. The molecule has 1 atom stereocenters. The van der Waals surface area contributed by atoms with Gasteiger partial charge in [0.15, 0.2) is 0 Å². The molecule has 1 aliphatic heterocycles. The van der Waals surface area contributed by atoms with Crippen LogP contribution in [0.3, 0.4) is 0 Å². The van der Waals surface area contributed by atoms with Gasteiger partial charge < -0.3 is 4.42 Å². The Morgan fingerprint density at radius 1 is 1.07 bits per heavy atom. The standard InChI is InChI=1S/C20H21N5OS2/c1-14(19-22-23-20(26-19)17-7-4-12-27-17)25-10-8-24(9-11-25)13-18-21-15-5-2-3-6-16(15)28-18/h2-7,12,14H,8-11,13H2,1H3. The molecule has 1 saturated heterocycles. The van der Waals surface area contributed by atoms with Gasteiger partial charge in [0.05, 0.1) is 27.7 Å². The second-order valence-electron chi connectivity index (χ2n) is 6.99. The Bertz CT molecular complexity index is 1020. The van der Waals surface area contributed by atoms with Crippen LogP contribution in [0.15, 0.2) is 46.2 Å². The van der Waals surface area contributed by atoms with E-state index in [1.54, 1.807) is 22.7 Å². The molecule has 6 nitrogen and oxygen atoms in total. The third-order valence-corrected chi connectivity index (χ3v) is 7.06. The molecule has 0 spiro atoms. The minimum Gasteiger partial charge on any atom is -0.418 e. The lowest BCUT2D eigenvalue weighted by Gasteiger charge is -2.36. The Morgan fingerprint density at radius 3 is 2.71 bits per heavy atom. The lowest BCUT2D eigenvalue weighted by atomic mass is 10.2. The summed E-state index contributed by atoms with van der Waals surface area (Å²) in [5, 5.41) is 11.7. The van der Waals surface area contributed by atoms with E-state index in [1.165, 1.54) is 9.71 Å². The van der Waals surface area contributed by atoms with Crippen molar-refractivity contribution in [1.82, 2.24) is 25.0 Å². The number of thiazole rings is 1. The van der Waals surface area contributed by atoms with Gasteiger partial charge >= 0.3 is 0 Å². The molecule has 1 unspecified atom stereocenters. The molecular weight excluding hydrogens is 390 g/mol. The van der Waals surface area contributed by atoms with Gasteiger partial charge in [-0.1, -0.05) is 18.2 Å². The summed E-state index contributed by atoms with van der Waals surface area (Å²) in [7, 11) is 0. The summed E-state index contributed by atoms with van der Waals surface area (Å²) in [6, 6.07) is 12.5. The first-order valence-corrected chi connectivity index (χ1v) is 11.1. The number of rotatable bonds is 5. The normalized spacial score (nSPS) is 17.3. The summed E-state index contributed by atoms with van der Waals surface area (Å²) in [6.45, 7) is 7.09. The highest BCUT2D eigenvalue weighted by atomic mass is 32.1. The van der Waals surface area contributed by atoms with Crippen LogP contribution >= 0.6 is 22.7 Å². The number of para-hydroxylation sites is 1. The Hall–Kier alpha value is -2.13. The summed E-state index contributed by atoms with van der Waals surface area (Å²) < 4.78 is 7.19. The first-order valence-electron chi connectivity index (χ1n) is 9.44. The molecule has 28 heavy (non-hydrogen) atoms. The van der Waals surface area contributed by atoms with Crippen molar-refractivity contribution in [2.45, 2.75) is 19.5 Å². The minimum atomic E-state index is 0.130. The first kappa shape index (κ1) is 17.9. The molecule has 4 heterocycles. The van der Waals surface area contributed by atoms with Crippen molar-refractivity contribution in [3.63, 3.8) is 0 Å². The summed E-state index contributed by atoms with van der Waals surface area (Å²) in [6.07, 6.45) is 0. The van der Waals surface area contributed by atoms with Crippen molar-refractivity contribution in [3.05, 3.63) is 52.7 Å². The average molecular weight is 412 g/mol. The molecule has 0 saturated carbocycles. The maximum Gasteiger partial charge on any atom is 0.257 e. The van der Waals surface area contributed by atoms with Gasteiger partial charge in [0, 0.05) is 26.2 Å². The molecule has 0 amide bonds. The number of fused-ring (bicyclic) bond motifs is 1. The van der Waals surface area contributed by atoms with Gasteiger partial charge in [0.1, 0.15) is 5.01 Å². The van der Waals surface area contributed by atoms with E-state index in [0.717, 1.165) is 43.1 Å². The summed E-state index contributed by atoms with van der Waals surface area (Å²) in [5.41, 5.74) is 1.10. The van der Waals surface area contributed by atoms with Crippen molar-refractivity contribution in [1.29, 1.82) is 0 Å². The highest BCUT2D eigenvalue weighted by molar-refractivity contribution is 7.18. The molecule has 1 aliphatic rings. The van der Waals surface area contributed by atoms with Gasteiger partial charge in [-0.15, -0.1) is 32.9 Å². The quantitative estimate of drug-likeness (QED) is 0.488. The maximum absolute atomic E-state index is 5.92. The summed E-state index contributed by atoms with van der Waals surface area (Å²) >= 11 is 3.42. The molecule has 8 heteroatoms.